The number of rotatable bonds is 7. The van der Waals surface area contributed by atoms with Gasteiger partial charge in [0.2, 0.25) is 5.91 Å². The SMILES string of the molecule is CCc1ccc(NC(=O)C(C)Sc2ccc(OC)c(OC)c2)cc1. The van der Waals surface area contributed by atoms with Gasteiger partial charge in [-0.25, -0.2) is 0 Å². The number of carbonyl (C=O) groups excluding carboxylic acids is 1. The Morgan fingerprint density at radius 1 is 1.08 bits per heavy atom. The number of thioether (sulfide) groups is 1. The summed E-state index contributed by atoms with van der Waals surface area (Å²) in [7, 11) is 3.20. The number of ether oxygens (including phenoxy) is 2. The molecule has 0 heterocycles. The zero-order valence-corrected chi connectivity index (χ0v) is 15.3. The van der Waals surface area contributed by atoms with Gasteiger partial charge in [-0.05, 0) is 49.2 Å². The van der Waals surface area contributed by atoms with Crippen molar-refractivity contribution in [3.63, 3.8) is 0 Å². The van der Waals surface area contributed by atoms with E-state index in [4.69, 9.17) is 9.47 Å². The molecule has 0 saturated heterocycles. The van der Waals surface area contributed by atoms with Crippen molar-refractivity contribution in [2.45, 2.75) is 30.4 Å². The van der Waals surface area contributed by atoms with Gasteiger partial charge in [0, 0.05) is 10.6 Å². The number of hydrogen-bond acceptors (Lipinski definition) is 4. The van der Waals surface area contributed by atoms with E-state index in [1.54, 1.807) is 14.2 Å². The summed E-state index contributed by atoms with van der Waals surface area (Å²) in [6.07, 6.45) is 0.986. The number of hydrogen-bond donors (Lipinski definition) is 1. The molecule has 1 atom stereocenters. The highest BCUT2D eigenvalue weighted by Crippen LogP contribution is 2.33. The third kappa shape index (κ3) is 4.68. The summed E-state index contributed by atoms with van der Waals surface area (Å²) in [6, 6.07) is 13.6. The Morgan fingerprint density at radius 2 is 1.75 bits per heavy atom. The lowest BCUT2D eigenvalue weighted by atomic mass is 10.1. The van der Waals surface area contributed by atoms with Crippen LogP contribution in [0.4, 0.5) is 5.69 Å². The third-order valence-corrected chi connectivity index (χ3v) is 4.76. The minimum Gasteiger partial charge on any atom is -0.493 e. The molecule has 0 saturated carbocycles. The van der Waals surface area contributed by atoms with Gasteiger partial charge < -0.3 is 14.8 Å². The minimum absolute atomic E-state index is 0.0287. The van der Waals surface area contributed by atoms with Crippen LogP contribution in [0.3, 0.4) is 0 Å². The van der Waals surface area contributed by atoms with Gasteiger partial charge in [-0.3, -0.25) is 4.79 Å². The number of nitrogens with one attached hydrogen (secondary N) is 1. The zero-order chi connectivity index (χ0) is 17.5. The summed E-state index contributed by atoms with van der Waals surface area (Å²) in [6.45, 7) is 3.99. The molecule has 1 unspecified atom stereocenters. The molecule has 4 nitrogen and oxygen atoms in total. The fourth-order valence-corrected chi connectivity index (χ4v) is 3.11. The normalized spacial score (nSPS) is 11.7. The molecule has 0 spiro atoms. The maximum atomic E-state index is 12.4. The van der Waals surface area contributed by atoms with Gasteiger partial charge >= 0.3 is 0 Å². The summed E-state index contributed by atoms with van der Waals surface area (Å²) in [5.74, 6) is 1.30. The third-order valence-electron chi connectivity index (χ3n) is 3.67. The Morgan fingerprint density at radius 3 is 2.33 bits per heavy atom. The van der Waals surface area contributed by atoms with E-state index < -0.39 is 0 Å². The molecule has 1 amide bonds. The van der Waals surface area contributed by atoms with E-state index in [2.05, 4.69) is 12.2 Å². The first kappa shape index (κ1) is 18.2. The quantitative estimate of drug-likeness (QED) is 0.756. The van der Waals surface area contributed by atoms with Crippen LogP contribution in [0.15, 0.2) is 47.4 Å². The number of aryl methyl sites for hydroxylation is 1. The second-order valence-electron chi connectivity index (χ2n) is 5.32. The first-order valence-electron chi connectivity index (χ1n) is 7.85. The largest absolute Gasteiger partial charge is 0.493 e. The lowest BCUT2D eigenvalue weighted by molar-refractivity contribution is -0.115. The van der Waals surface area contributed by atoms with Crippen LogP contribution in [0.5, 0.6) is 11.5 Å². The summed E-state index contributed by atoms with van der Waals surface area (Å²) in [5.41, 5.74) is 2.07. The van der Waals surface area contributed by atoms with Gasteiger partial charge in [-0.1, -0.05) is 19.1 Å². The summed E-state index contributed by atoms with van der Waals surface area (Å²) in [5, 5.41) is 2.72. The summed E-state index contributed by atoms with van der Waals surface area (Å²) < 4.78 is 10.5. The van der Waals surface area contributed by atoms with E-state index in [9.17, 15) is 4.79 Å². The Kier molecular flexibility index (Phi) is 6.55. The summed E-state index contributed by atoms with van der Waals surface area (Å²) >= 11 is 1.48. The molecule has 2 aromatic rings. The van der Waals surface area contributed by atoms with E-state index in [-0.39, 0.29) is 11.2 Å². The molecule has 5 heteroatoms. The van der Waals surface area contributed by atoms with Gasteiger partial charge in [-0.2, -0.15) is 0 Å². The van der Waals surface area contributed by atoms with Gasteiger partial charge in [0.15, 0.2) is 11.5 Å². The van der Waals surface area contributed by atoms with E-state index >= 15 is 0 Å². The number of carbonyl (C=O) groups is 1. The molecule has 1 N–H and O–H groups in total. The standard InChI is InChI=1S/C19H23NO3S/c1-5-14-6-8-15(9-7-14)20-19(21)13(2)24-16-10-11-17(22-3)18(12-16)23-4/h6-13H,5H2,1-4H3,(H,20,21). The monoisotopic (exact) mass is 345 g/mol. The topological polar surface area (TPSA) is 47.6 Å². The highest BCUT2D eigenvalue weighted by Gasteiger charge is 2.16. The van der Waals surface area contributed by atoms with Crippen molar-refractivity contribution in [1.82, 2.24) is 0 Å². The maximum Gasteiger partial charge on any atom is 0.237 e. The average Bonchev–Trinajstić information content (AvgIpc) is 2.62. The van der Waals surface area contributed by atoms with Crippen molar-refractivity contribution in [2.75, 3.05) is 19.5 Å². The Labute approximate surface area is 147 Å². The highest BCUT2D eigenvalue weighted by atomic mass is 32.2. The second-order valence-corrected chi connectivity index (χ2v) is 6.73. The molecule has 24 heavy (non-hydrogen) atoms. The van der Waals surface area contributed by atoms with Crippen LogP contribution in [0.2, 0.25) is 0 Å². The van der Waals surface area contributed by atoms with E-state index in [1.807, 2.05) is 49.4 Å². The van der Waals surface area contributed by atoms with Crippen LogP contribution in [0.1, 0.15) is 19.4 Å². The van der Waals surface area contributed by atoms with Crippen molar-refractivity contribution in [3.8, 4) is 11.5 Å². The lowest BCUT2D eigenvalue weighted by Gasteiger charge is -2.14. The van der Waals surface area contributed by atoms with Crippen molar-refractivity contribution in [1.29, 1.82) is 0 Å². The first-order valence-corrected chi connectivity index (χ1v) is 8.73. The molecule has 0 fully saturated rings. The maximum absolute atomic E-state index is 12.4. The van der Waals surface area contributed by atoms with E-state index in [0.717, 1.165) is 17.0 Å². The molecule has 128 valence electrons. The second kappa shape index (κ2) is 8.64. The van der Waals surface area contributed by atoms with Crippen LogP contribution < -0.4 is 14.8 Å². The van der Waals surface area contributed by atoms with Crippen LogP contribution in [-0.2, 0) is 11.2 Å². The number of benzene rings is 2. The first-order chi connectivity index (χ1) is 11.6. The van der Waals surface area contributed by atoms with E-state index in [1.165, 1.54) is 17.3 Å². The predicted octanol–water partition coefficient (Wildman–Crippen LogP) is 4.39. The molecule has 0 aliphatic rings. The van der Waals surface area contributed by atoms with Crippen LogP contribution in [0, 0.1) is 0 Å². The highest BCUT2D eigenvalue weighted by molar-refractivity contribution is 8.00. The smallest absolute Gasteiger partial charge is 0.237 e. The van der Waals surface area contributed by atoms with Gasteiger partial charge in [-0.15, -0.1) is 11.8 Å². The fraction of sp³-hybridized carbons (Fsp3) is 0.316. The Balaban J connectivity index is 2.00. The van der Waals surface area contributed by atoms with E-state index in [0.29, 0.717) is 11.5 Å². The van der Waals surface area contributed by atoms with Crippen molar-refractivity contribution < 1.29 is 14.3 Å². The zero-order valence-electron chi connectivity index (χ0n) is 14.5. The molecule has 2 rings (SSSR count). The minimum atomic E-state index is -0.228. The molecule has 0 bridgehead atoms. The molecule has 0 aromatic heterocycles. The van der Waals surface area contributed by atoms with Crippen molar-refractivity contribution in [2.24, 2.45) is 0 Å². The molecular formula is C19H23NO3S. The average molecular weight is 345 g/mol. The molecule has 2 aromatic carbocycles. The summed E-state index contributed by atoms with van der Waals surface area (Å²) in [4.78, 5) is 13.3. The predicted molar refractivity (Wildman–Crippen MR) is 99.3 cm³/mol. The van der Waals surface area contributed by atoms with Crippen LogP contribution in [-0.4, -0.2) is 25.4 Å². The van der Waals surface area contributed by atoms with Crippen LogP contribution in [0.25, 0.3) is 0 Å². The molecule has 0 aliphatic heterocycles. The van der Waals surface area contributed by atoms with Crippen molar-refractivity contribution in [3.05, 3.63) is 48.0 Å². The number of amides is 1. The molecular weight excluding hydrogens is 322 g/mol. The molecule has 0 aliphatic carbocycles. The Bertz CT molecular complexity index is 686. The molecule has 0 radical (unpaired) electrons. The number of methoxy groups -OCH3 is 2. The Hall–Kier alpha value is -2.14. The lowest BCUT2D eigenvalue weighted by Crippen LogP contribution is -2.22. The van der Waals surface area contributed by atoms with Gasteiger partial charge in [0.1, 0.15) is 0 Å². The van der Waals surface area contributed by atoms with Crippen molar-refractivity contribution >= 4 is 23.4 Å². The van der Waals surface area contributed by atoms with Gasteiger partial charge in [0.25, 0.3) is 0 Å². The fourth-order valence-electron chi connectivity index (χ4n) is 2.22. The van der Waals surface area contributed by atoms with Crippen LogP contribution >= 0.6 is 11.8 Å². The number of anilines is 1. The van der Waals surface area contributed by atoms with Gasteiger partial charge in [0.05, 0.1) is 19.5 Å².